The van der Waals surface area contributed by atoms with Crippen molar-refractivity contribution in [3.8, 4) is 11.5 Å². The highest BCUT2D eigenvalue weighted by Gasteiger charge is 2.19. The van der Waals surface area contributed by atoms with Crippen molar-refractivity contribution in [2.75, 3.05) is 5.73 Å². The van der Waals surface area contributed by atoms with Crippen LogP contribution in [0.15, 0.2) is 24.4 Å². The summed E-state index contributed by atoms with van der Waals surface area (Å²) < 4.78 is 44.9. The first-order valence-corrected chi connectivity index (χ1v) is 6.99. The molecule has 0 saturated heterocycles. The molecule has 2 heterocycles. The lowest BCUT2D eigenvalue weighted by atomic mass is 10.2. The lowest BCUT2D eigenvalue weighted by Gasteiger charge is -2.08. The summed E-state index contributed by atoms with van der Waals surface area (Å²) in [6, 6.07) is 2.79. The van der Waals surface area contributed by atoms with E-state index in [1.807, 2.05) is 0 Å². The summed E-state index contributed by atoms with van der Waals surface area (Å²) in [5.74, 6) is -5.25. The number of rotatable bonds is 3. The molecule has 0 unspecified atom stereocenters. The second kappa shape index (κ2) is 5.43. The number of hydrogen-bond acceptors (Lipinski definition) is 5. The average Bonchev–Trinajstić information content (AvgIpc) is 2.83. The minimum absolute atomic E-state index is 0.0589. The molecule has 3 rings (SSSR count). The number of carbonyl (C=O) groups is 1. The van der Waals surface area contributed by atoms with E-state index in [1.54, 1.807) is 0 Å². The third-order valence-corrected chi connectivity index (χ3v) is 4.13. The Hall–Kier alpha value is -2.81. The predicted molar refractivity (Wildman–Crippen MR) is 78.9 cm³/mol. The number of ether oxygens (including phenoxy) is 1. The highest BCUT2D eigenvalue weighted by molar-refractivity contribution is 7.21. The zero-order chi connectivity index (χ0) is 16.7. The summed E-state index contributed by atoms with van der Waals surface area (Å²) >= 11 is 0.967. The summed E-state index contributed by atoms with van der Waals surface area (Å²) in [7, 11) is 0. The minimum Gasteiger partial charge on any atom is -0.456 e. The molecule has 5 nitrogen and oxygen atoms in total. The molecule has 0 aliphatic rings. The molecule has 0 radical (unpaired) electrons. The molecule has 118 valence electrons. The van der Waals surface area contributed by atoms with Gasteiger partial charge in [-0.05, 0) is 6.07 Å². The molecule has 0 atom stereocenters. The standard InChI is InChI=1S/C14H8F3N3O2S/c15-6-3-5(4-7(16)10(6)17)22-8-1-2-20-14-9(8)11(18)12(23-14)13(19)21/h1-4H,18H2,(H2,19,21). The van der Waals surface area contributed by atoms with Gasteiger partial charge < -0.3 is 16.2 Å². The fourth-order valence-corrected chi connectivity index (χ4v) is 2.93. The molecule has 0 spiro atoms. The molecule has 23 heavy (non-hydrogen) atoms. The van der Waals surface area contributed by atoms with Crippen LogP contribution in [0.5, 0.6) is 11.5 Å². The second-order valence-electron chi connectivity index (χ2n) is 4.50. The van der Waals surface area contributed by atoms with Crippen molar-refractivity contribution < 1.29 is 22.7 Å². The van der Waals surface area contributed by atoms with Crippen LogP contribution in [0, 0.1) is 17.5 Å². The van der Waals surface area contributed by atoms with Crippen LogP contribution in [-0.2, 0) is 0 Å². The summed E-state index contributed by atoms with van der Waals surface area (Å²) in [6.07, 6.45) is 1.37. The number of primary amides is 1. The van der Waals surface area contributed by atoms with Crippen LogP contribution in [0.25, 0.3) is 10.2 Å². The molecule has 9 heteroatoms. The molecular formula is C14H8F3N3O2S. The van der Waals surface area contributed by atoms with Crippen LogP contribution in [0.3, 0.4) is 0 Å². The van der Waals surface area contributed by atoms with Gasteiger partial charge in [0.15, 0.2) is 17.5 Å². The maximum Gasteiger partial charge on any atom is 0.260 e. The van der Waals surface area contributed by atoms with E-state index in [9.17, 15) is 18.0 Å². The number of thiophene rings is 1. The van der Waals surface area contributed by atoms with Gasteiger partial charge in [0.25, 0.3) is 5.91 Å². The Balaban J connectivity index is 2.12. The van der Waals surface area contributed by atoms with Gasteiger partial charge in [0.05, 0.1) is 11.1 Å². The maximum absolute atomic E-state index is 13.3. The van der Waals surface area contributed by atoms with E-state index in [0.717, 1.165) is 11.3 Å². The normalized spacial score (nSPS) is 10.9. The Bertz CT molecular complexity index is 919. The smallest absolute Gasteiger partial charge is 0.260 e. The van der Waals surface area contributed by atoms with E-state index in [-0.39, 0.29) is 27.4 Å². The number of aromatic nitrogens is 1. The van der Waals surface area contributed by atoms with E-state index in [2.05, 4.69) is 4.98 Å². The number of benzene rings is 1. The van der Waals surface area contributed by atoms with Crippen molar-refractivity contribution >= 4 is 33.1 Å². The van der Waals surface area contributed by atoms with Gasteiger partial charge in [0, 0.05) is 18.3 Å². The number of fused-ring (bicyclic) bond motifs is 1. The Kier molecular flexibility index (Phi) is 3.57. The quantitative estimate of drug-likeness (QED) is 0.717. The van der Waals surface area contributed by atoms with Crippen molar-refractivity contribution in [2.45, 2.75) is 0 Å². The zero-order valence-corrected chi connectivity index (χ0v) is 12.1. The van der Waals surface area contributed by atoms with Crippen molar-refractivity contribution in [1.82, 2.24) is 4.98 Å². The largest absolute Gasteiger partial charge is 0.456 e. The van der Waals surface area contributed by atoms with Gasteiger partial charge in [-0.15, -0.1) is 11.3 Å². The first-order valence-electron chi connectivity index (χ1n) is 6.17. The second-order valence-corrected chi connectivity index (χ2v) is 5.50. The van der Waals surface area contributed by atoms with Gasteiger partial charge in [-0.2, -0.15) is 0 Å². The molecule has 0 saturated carbocycles. The number of nitrogens with two attached hydrogens (primary N) is 2. The molecule has 2 aromatic heterocycles. The van der Waals surface area contributed by atoms with E-state index in [0.29, 0.717) is 17.0 Å². The minimum atomic E-state index is -1.59. The molecular weight excluding hydrogens is 331 g/mol. The van der Waals surface area contributed by atoms with Gasteiger partial charge in [-0.1, -0.05) is 0 Å². The lowest BCUT2D eigenvalue weighted by Crippen LogP contribution is -2.10. The van der Waals surface area contributed by atoms with Gasteiger partial charge in [-0.3, -0.25) is 4.79 Å². The molecule has 0 aliphatic carbocycles. The molecule has 0 fully saturated rings. The maximum atomic E-state index is 13.3. The highest BCUT2D eigenvalue weighted by Crippen LogP contribution is 2.39. The van der Waals surface area contributed by atoms with E-state index < -0.39 is 23.4 Å². The fourth-order valence-electron chi connectivity index (χ4n) is 2.00. The van der Waals surface area contributed by atoms with E-state index in [4.69, 9.17) is 16.2 Å². The summed E-state index contributed by atoms with van der Waals surface area (Å²) in [5.41, 5.74) is 11.1. The number of anilines is 1. The van der Waals surface area contributed by atoms with Crippen molar-refractivity contribution in [2.24, 2.45) is 5.73 Å². The first-order chi connectivity index (χ1) is 10.9. The van der Waals surface area contributed by atoms with Crippen molar-refractivity contribution in [3.63, 3.8) is 0 Å². The molecule has 1 aromatic carbocycles. The number of hydrogen-bond donors (Lipinski definition) is 2. The fraction of sp³-hybridized carbons (Fsp3) is 0. The topological polar surface area (TPSA) is 91.2 Å². The van der Waals surface area contributed by atoms with Gasteiger partial charge in [0.1, 0.15) is 21.2 Å². The summed E-state index contributed by atoms with van der Waals surface area (Å²) in [6.45, 7) is 0. The van der Waals surface area contributed by atoms with Crippen LogP contribution in [-0.4, -0.2) is 10.9 Å². The predicted octanol–water partition coefficient (Wildman–Crippen LogP) is 3.19. The SMILES string of the molecule is NC(=O)c1sc2nccc(Oc3cc(F)c(F)c(F)c3)c2c1N. The average molecular weight is 339 g/mol. The summed E-state index contributed by atoms with van der Waals surface area (Å²) in [4.78, 5) is 15.8. The number of nitrogens with zero attached hydrogens (tertiary/aromatic N) is 1. The summed E-state index contributed by atoms with van der Waals surface area (Å²) in [5, 5.41) is 0.288. The van der Waals surface area contributed by atoms with Crippen LogP contribution in [0.4, 0.5) is 18.9 Å². The number of carbonyl (C=O) groups excluding carboxylic acids is 1. The van der Waals surface area contributed by atoms with Crippen LogP contribution < -0.4 is 16.2 Å². The number of amides is 1. The third kappa shape index (κ3) is 2.55. The van der Waals surface area contributed by atoms with Gasteiger partial charge >= 0.3 is 0 Å². The molecule has 4 N–H and O–H groups in total. The third-order valence-electron chi connectivity index (χ3n) is 3.00. The van der Waals surface area contributed by atoms with Crippen LogP contribution in [0.2, 0.25) is 0 Å². The monoisotopic (exact) mass is 339 g/mol. The van der Waals surface area contributed by atoms with Crippen LogP contribution in [0.1, 0.15) is 9.67 Å². The lowest BCUT2D eigenvalue weighted by molar-refractivity contribution is 0.100. The Labute approximate surface area is 131 Å². The Morgan fingerprint density at radius 3 is 2.48 bits per heavy atom. The molecule has 0 bridgehead atoms. The number of halogens is 3. The number of nitrogen functional groups attached to an aromatic ring is 1. The highest BCUT2D eigenvalue weighted by atomic mass is 32.1. The Morgan fingerprint density at radius 2 is 1.87 bits per heavy atom. The van der Waals surface area contributed by atoms with E-state index in [1.165, 1.54) is 12.3 Å². The van der Waals surface area contributed by atoms with Gasteiger partial charge in [0.2, 0.25) is 0 Å². The van der Waals surface area contributed by atoms with Crippen molar-refractivity contribution in [3.05, 3.63) is 46.7 Å². The molecule has 3 aromatic rings. The Morgan fingerprint density at radius 1 is 1.22 bits per heavy atom. The van der Waals surface area contributed by atoms with Crippen LogP contribution >= 0.6 is 11.3 Å². The van der Waals surface area contributed by atoms with Crippen molar-refractivity contribution in [1.29, 1.82) is 0 Å². The molecule has 0 aliphatic heterocycles. The molecule has 1 amide bonds. The van der Waals surface area contributed by atoms with E-state index >= 15 is 0 Å². The van der Waals surface area contributed by atoms with Gasteiger partial charge in [-0.25, -0.2) is 18.2 Å². The number of pyridine rings is 1. The zero-order valence-electron chi connectivity index (χ0n) is 11.3. The first kappa shape index (κ1) is 15.1.